The quantitative estimate of drug-likeness (QED) is 0.747. The molecule has 0 aliphatic carbocycles. The molecule has 106 valence electrons. The van der Waals surface area contributed by atoms with Gasteiger partial charge in [0.2, 0.25) is 0 Å². The van der Waals surface area contributed by atoms with E-state index >= 15 is 0 Å². The van der Waals surface area contributed by atoms with Gasteiger partial charge in [-0.05, 0) is 42.8 Å². The lowest BCUT2D eigenvalue weighted by atomic mass is 10.2. The van der Waals surface area contributed by atoms with E-state index in [0.717, 1.165) is 11.3 Å². The van der Waals surface area contributed by atoms with Crippen molar-refractivity contribution in [3.63, 3.8) is 0 Å². The average Bonchev–Trinajstić information content (AvgIpc) is 2.46. The van der Waals surface area contributed by atoms with E-state index in [-0.39, 0.29) is 12.2 Å². The van der Waals surface area contributed by atoms with Crippen molar-refractivity contribution in [3.05, 3.63) is 70.3 Å². The van der Waals surface area contributed by atoms with Crippen LogP contribution in [0.4, 0.5) is 5.69 Å². The number of hydrogen-bond donors (Lipinski definition) is 1. The molecule has 0 fully saturated rings. The van der Waals surface area contributed by atoms with Crippen molar-refractivity contribution in [2.45, 2.75) is 13.5 Å². The highest BCUT2D eigenvalue weighted by atomic mass is 16.5. The molecule has 0 amide bonds. The Morgan fingerprint density at radius 2 is 2.10 bits per heavy atom. The molecule has 2 aromatic heterocycles. The maximum absolute atomic E-state index is 12.0. The van der Waals surface area contributed by atoms with E-state index < -0.39 is 0 Å². The van der Waals surface area contributed by atoms with E-state index in [1.54, 1.807) is 24.4 Å². The van der Waals surface area contributed by atoms with E-state index in [9.17, 15) is 4.79 Å². The molecule has 2 heterocycles. The molecule has 3 rings (SSSR count). The fourth-order valence-electron chi connectivity index (χ4n) is 2.16. The molecule has 2 N–H and O–H groups in total. The zero-order valence-corrected chi connectivity index (χ0v) is 11.6. The van der Waals surface area contributed by atoms with E-state index in [1.165, 1.54) is 10.5 Å². The summed E-state index contributed by atoms with van der Waals surface area (Å²) in [4.78, 5) is 16.4. The van der Waals surface area contributed by atoms with Crippen LogP contribution in [-0.4, -0.2) is 9.38 Å². The van der Waals surface area contributed by atoms with Crippen molar-refractivity contribution in [2.24, 2.45) is 0 Å². The Kier molecular flexibility index (Phi) is 3.31. The van der Waals surface area contributed by atoms with Crippen LogP contribution in [0, 0.1) is 6.92 Å². The Morgan fingerprint density at radius 3 is 2.90 bits per heavy atom. The molecule has 0 saturated heterocycles. The first-order valence-electron chi connectivity index (χ1n) is 6.60. The third kappa shape index (κ3) is 2.72. The maximum atomic E-state index is 12.0. The van der Waals surface area contributed by atoms with Gasteiger partial charge in [0.25, 0.3) is 5.56 Å². The summed E-state index contributed by atoms with van der Waals surface area (Å²) in [6.07, 6.45) is 1.69. The molecule has 0 spiro atoms. The third-order valence-corrected chi connectivity index (χ3v) is 3.20. The number of ether oxygens (including phenoxy) is 1. The standard InChI is InChI=1S/C16H15N3O2/c1-11-8-12(17)5-6-14(11)21-10-13-9-16(20)19-7-3-2-4-15(19)18-13/h2-9H,10,17H2,1H3. The minimum Gasteiger partial charge on any atom is -0.487 e. The zero-order valence-electron chi connectivity index (χ0n) is 11.6. The van der Waals surface area contributed by atoms with E-state index in [4.69, 9.17) is 10.5 Å². The van der Waals surface area contributed by atoms with Gasteiger partial charge >= 0.3 is 0 Å². The molecule has 5 nitrogen and oxygen atoms in total. The van der Waals surface area contributed by atoms with Gasteiger partial charge in [-0.2, -0.15) is 0 Å². The summed E-state index contributed by atoms with van der Waals surface area (Å²) in [5.41, 5.74) is 8.44. The highest BCUT2D eigenvalue weighted by Crippen LogP contribution is 2.20. The largest absolute Gasteiger partial charge is 0.487 e. The topological polar surface area (TPSA) is 69.6 Å². The second-order valence-corrected chi connectivity index (χ2v) is 4.83. The normalized spacial score (nSPS) is 10.7. The average molecular weight is 281 g/mol. The predicted molar refractivity (Wildman–Crippen MR) is 81.4 cm³/mol. The third-order valence-electron chi connectivity index (χ3n) is 3.20. The Hall–Kier alpha value is -2.82. The summed E-state index contributed by atoms with van der Waals surface area (Å²) in [6.45, 7) is 2.17. The molecule has 5 heteroatoms. The Bertz CT molecular complexity index is 856. The van der Waals surface area contributed by atoms with Gasteiger partial charge < -0.3 is 10.5 Å². The number of nitrogen functional groups attached to an aromatic ring is 1. The molecule has 0 aliphatic rings. The van der Waals surface area contributed by atoms with Crippen LogP contribution in [0.2, 0.25) is 0 Å². The summed E-state index contributed by atoms with van der Waals surface area (Å²) >= 11 is 0. The lowest BCUT2D eigenvalue weighted by Gasteiger charge is -2.09. The van der Waals surface area contributed by atoms with Gasteiger partial charge in [0.15, 0.2) is 0 Å². The number of nitrogens with zero attached hydrogens (tertiary/aromatic N) is 2. The molecule has 0 saturated carbocycles. The van der Waals surface area contributed by atoms with Crippen molar-refractivity contribution >= 4 is 11.3 Å². The minimum atomic E-state index is -0.117. The molecular weight excluding hydrogens is 266 g/mol. The SMILES string of the molecule is Cc1cc(N)ccc1OCc1cc(=O)n2ccccc2n1. The van der Waals surface area contributed by atoms with E-state index in [2.05, 4.69) is 4.98 Å². The number of aromatic nitrogens is 2. The van der Waals surface area contributed by atoms with Gasteiger partial charge in [0.1, 0.15) is 18.0 Å². The molecule has 1 aromatic carbocycles. The van der Waals surface area contributed by atoms with Gasteiger partial charge in [0, 0.05) is 18.0 Å². The number of benzene rings is 1. The number of fused-ring (bicyclic) bond motifs is 1. The maximum Gasteiger partial charge on any atom is 0.258 e. The summed E-state index contributed by atoms with van der Waals surface area (Å²) in [5.74, 6) is 0.735. The highest BCUT2D eigenvalue weighted by molar-refractivity contribution is 5.47. The second-order valence-electron chi connectivity index (χ2n) is 4.83. The Morgan fingerprint density at radius 1 is 1.24 bits per heavy atom. The first-order valence-corrected chi connectivity index (χ1v) is 6.60. The Labute approximate surface area is 121 Å². The molecule has 21 heavy (non-hydrogen) atoms. The molecule has 0 bridgehead atoms. The highest BCUT2D eigenvalue weighted by Gasteiger charge is 2.04. The number of anilines is 1. The summed E-state index contributed by atoms with van der Waals surface area (Å²) in [6, 6.07) is 12.4. The van der Waals surface area contributed by atoms with Crippen molar-refractivity contribution in [1.82, 2.24) is 9.38 Å². The molecule has 0 radical (unpaired) electrons. The van der Waals surface area contributed by atoms with Gasteiger partial charge in [-0.1, -0.05) is 6.07 Å². The van der Waals surface area contributed by atoms with Crippen molar-refractivity contribution in [2.75, 3.05) is 5.73 Å². The zero-order chi connectivity index (χ0) is 14.8. The first-order chi connectivity index (χ1) is 10.1. The smallest absolute Gasteiger partial charge is 0.258 e. The molecular formula is C16H15N3O2. The minimum absolute atomic E-state index is 0.117. The summed E-state index contributed by atoms with van der Waals surface area (Å²) < 4.78 is 7.21. The van der Waals surface area contributed by atoms with Crippen LogP contribution in [0.5, 0.6) is 5.75 Å². The van der Waals surface area contributed by atoms with Crippen molar-refractivity contribution in [3.8, 4) is 5.75 Å². The van der Waals surface area contributed by atoms with Crippen LogP contribution in [0.15, 0.2) is 53.5 Å². The second kappa shape index (κ2) is 5.28. The lowest BCUT2D eigenvalue weighted by molar-refractivity contribution is 0.299. The number of pyridine rings is 1. The number of aryl methyl sites for hydroxylation is 1. The lowest BCUT2D eigenvalue weighted by Crippen LogP contribution is -2.16. The van der Waals surface area contributed by atoms with Gasteiger partial charge in [-0.25, -0.2) is 4.98 Å². The number of nitrogens with two attached hydrogens (primary N) is 1. The van der Waals surface area contributed by atoms with Crippen molar-refractivity contribution < 1.29 is 4.74 Å². The van der Waals surface area contributed by atoms with Crippen molar-refractivity contribution in [1.29, 1.82) is 0 Å². The van der Waals surface area contributed by atoms with Crippen LogP contribution in [0.25, 0.3) is 5.65 Å². The van der Waals surface area contributed by atoms with Crippen LogP contribution in [-0.2, 0) is 6.61 Å². The Balaban J connectivity index is 1.87. The number of rotatable bonds is 3. The fourth-order valence-corrected chi connectivity index (χ4v) is 2.16. The summed E-state index contributed by atoms with van der Waals surface area (Å²) in [7, 11) is 0. The monoisotopic (exact) mass is 281 g/mol. The summed E-state index contributed by atoms with van der Waals surface area (Å²) in [5, 5.41) is 0. The molecule has 0 aliphatic heterocycles. The van der Waals surface area contributed by atoms with Gasteiger partial charge in [-0.3, -0.25) is 9.20 Å². The van der Waals surface area contributed by atoms with Gasteiger partial charge in [0.05, 0.1) is 5.69 Å². The molecule has 0 atom stereocenters. The van der Waals surface area contributed by atoms with Crippen LogP contribution >= 0.6 is 0 Å². The molecule has 0 unspecified atom stereocenters. The fraction of sp³-hybridized carbons (Fsp3) is 0.125. The van der Waals surface area contributed by atoms with Gasteiger partial charge in [-0.15, -0.1) is 0 Å². The first kappa shape index (κ1) is 13.2. The van der Waals surface area contributed by atoms with Crippen LogP contribution in [0.1, 0.15) is 11.3 Å². The van der Waals surface area contributed by atoms with E-state index in [1.807, 2.05) is 25.1 Å². The van der Waals surface area contributed by atoms with E-state index in [0.29, 0.717) is 17.0 Å². The number of hydrogen-bond acceptors (Lipinski definition) is 4. The van der Waals surface area contributed by atoms with Crippen LogP contribution in [0.3, 0.4) is 0 Å². The molecule has 3 aromatic rings. The predicted octanol–water partition coefficient (Wildman–Crippen LogP) is 2.16. The van der Waals surface area contributed by atoms with Crippen LogP contribution < -0.4 is 16.0 Å².